The lowest BCUT2D eigenvalue weighted by atomic mass is 10.2. The van der Waals surface area contributed by atoms with E-state index in [4.69, 9.17) is 0 Å². The first-order valence-corrected chi connectivity index (χ1v) is 11.6. The quantitative estimate of drug-likeness (QED) is 0.374. The third-order valence-electron chi connectivity index (χ3n) is 4.82. The van der Waals surface area contributed by atoms with E-state index in [9.17, 15) is 22.9 Å². The maximum atomic E-state index is 13.0. The van der Waals surface area contributed by atoms with Crippen molar-refractivity contribution in [2.45, 2.75) is 16.7 Å². The van der Waals surface area contributed by atoms with Gasteiger partial charge in [-0.2, -0.15) is 4.31 Å². The molecule has 2 aromatic carbocycles. The molecular formula is C19H22FN3O4S2. The summed E-state index contributed by atoms with van der Waals surface area (Å²) < 4.78 is 40.3. The molecule has 3 rings (SSSR count). The Hall–Kier alpha value is -2.01. The molecule has 1 heterocycles. The summed E-state index contributed by atoms with van der Waals surface area (Å²) in [6.45, 7) is 4.30. The molecule has 10 heteroatoms. The number of nitrogens with zero attached hydrogens (tertiary/aromatic N) is 3. The Kier molecular flexibility index (Phi) is 6.89. The van der Waals surface area contributed by atoms with Gasteiger partial charge in [0, 0.05) is 55.5 Å². The molecule has 1 aliphatic heterocycles. The van der Waals surface area contributed by atoms with Crippen LogP contribution in [0.3, 0.4) is 0 Å². The number of non-ortho nitro benzene ring substituents is 1. The summed E-state index contributed by atoms with van der Waals surface area (Å²) in [5, 5.41) is 11.0. The van der Waals surface area contributed by atoms with Gasteiger partial charge in [0.25, 0.3) is 5.69 Å². The Morgan fingerprint density at radius 2 is 1.76 bits per heavy atom. The summed E-state index contributed by atoms with van der Waals surface area (Å²) in [5.74, 6) is 0.563. The zero-order chi connectivity index (χ0) is 21.0. The average molecular weight is 440 g/mol. The fraction of sp³-hybridized carbons (Fsp3) is 0.368. The van der Waals surface area contributed by atoms with Crippen molar-refractivity contribution in [2.75, 3.05) is 38.5 Å². The molecule has 7 nitrogen and oxygen atoms in total. The molecule has 0 aromatic heterocycles. The van der Waals surface area contributed by atoms with Crippen LogP contribution in [0.1, 0.15) is 5.56 Å². The lowest BCUT2D eigenvalue weighted by molar-refractivity contribution is -0.385. The smallest absolute Gasteiger partial charge is 0.270 e. The molecule has 156 valence electrons. The maximum Gasteiger partial charge on any atom is 0.270 e. The highest BCUT2D eigenvalue weighted by Crippen LogP contribution is 2.26. The Bertz CT molecular complexity index is 975. The molecule has 2 aromatic rings. The fourth-order valence-corrected chi connectivity index (χ4v) is 5.72. The second-order valence-corrected chi connectivity index (χ2v) is 9.83. The molecule has 0 bridgehead atoms. The van der Waals surface area contributed by atoms with Crippen LogP contribution >= 0.6 is 11.8 Å². The third kappa shape index (κ3) is 5.33. The van der Waals surface area contributed by atoms with Crippen molar-refractivity contribution in [3.05, 3.63) is 64.0 Å². The van der Waals surface area contributed by atoms with Crippen LogP contribution in [0.25, 0.3) is 0 Å². The van der Waals surface area contributed by atoms with E-state index < -0.39 is 14.9 Å². The minimum Gasteiger partial charge on any atom is -0.300 e. The number of aryl methyl sites for hydroxylation is 1. The van der Waals surface area contributed by atoms with Gasteiger partial charge < -0.3 is 0 Å². The van der Waals surface area contributed by atoms with Crippen molar-refractivity contribution in [1.29, 1.82) is 0 Å². The number of piperazine rings is 1. The molecular weight excluding hydrogens is 417 g/mol. The Morgan fingerprint density at radius 3 is 2.38 bits per heavy atom. The van der Waals surface area contributed by atoms with Crippen LogP contribution < -0.4 is 0 Å². The van der Waals surface area contributed by atoms with E-state index >= 15 is 0 Å². The summed E-state index contributed by atoms with van der Waals surface area (Å²) in [5.41, 5.74) is 0.263. The van der Waals surface area contributed by atoms with Crippen LogP contribution in [0.4, 0.5) is 10.1 Å². The molecule has 0 atom stereocenters. The number of thioether (sulfide) groups is 1. The number of hydrogen-bond donors (Lipinski definition) is 0. The fourth-order valence-electron chi connectivity index (χ4n) is 3.14. The van der Waals surface area contributed by atoms with Gasteiger partial charge in [0.05, 0.1) is 9.82 Å². The minimum absolute atomic E-state index is 0.00739. The lowest BCUT2D eigenvalue weighted by Crippen LogP contribution is -2.49. The number of rotatable bonds is 7. The number of nitro groups is 1. The Morgan fingerprint density at radius 1 is 1.10 bits per heavy atom. The standard InChI is InChI=1S/C19H22FN3O4S2/c1-15-2-5-17(23(24)25)14-19(15)29(26,27)22-10-8-21(9-11-22)12-13-28-18-6-3-16(20)4-7-18/h2-7,14H,8-13H2,1H3. The summed E-state index contributed by atoms with van der Waals surface area (Å²) in [7, 11) is -3.78. The summed E-state index contributed by atoms with van der Waals surface area (Å²) in [6.07, 6.45) is 0. The molecule has 0 amide bonds. The van der Waals surface area contributed by atoms with Gasteiger partial charge in [-0.25, -0.2) is 12.8 Å². The van der Waals surface area contributed by atoms with E-state index in [0.29, 0.717) is 31.7 Å². The van der Waals surface area contributed by atoms with Crippen molar-refractivity contribution in [2.24, 2.45) is 0 Å². The predicted molar refractivity (Wildman–Crippen MR) is 110 cm³/mol. The Balaban J connectivity index is 1.56. The van der Waals surface area contributed by atoms with Gasteiger partial charge in [-0.3, -0.25) is 15.0 Å². The van der Waals surface area contributed by atoms with E-state index in [-0.39, 0.29) is 16.4 Å². The van der Waals surface area contributed by atoms with Crippen LogP contribution in [0, 0.1) is 22.9 Å². The van der Waals surface area contributed by atoms with Gasteiger partial charge in [-0.15, -0.1) is 11.8 Å². The highest BCUT2D eigenvalue weighted by molar-refractivity contribution is 7.99. The van der Waals surface area contributed by atoms with Gasteiger partial charge in [0.1, 0.15) is 5.82 Å². The van der Waals surface area contributed by atoms with Crippen molar-refractivity contribution < 1.29 is 17.7 Å². The first-order chi connectivity index (χ1) is 13.8. The number of halogens is 1. The van der Waals surface area contributed by atoms with E-state index in [2.05, 4.69) is 4.90 Å². The Labute approximate surface area is 173 Å². The van der Waals surface area contributed by atoms with Crippen LogP contribution in [0.15, 0.2) is 52.3 Å². The number of sulfonamides is 1. The topological polar surface area (TPSA) is 83.8 Å². The second-order valence-electron chi connectivity index (χ2n) is 6.76. The molecule has 1 fully saturated rings. The van der Waals surface area contributed by atoms with Gasteiger partial charge in [0.15, 0.2) is 0 Å². The first-order valence-electron chi connectivity index (χ1n) is 9.13. The molecule has 0 saturated carbocycles. The van der Waals surface area contributed by atoms with Crippen molar-refractivity contribution in [3.63, 3.8) is 0 Å². The van der Waals surface area contributed by atoms with E-state index in [0.717, 1.165) is 23.3 Å². The van der Waals surface area contributed by atoms with Crippen LogP contribution in [0.2, 0.25) is 0 Å². The maximum absolute atomic E-state index is 13.0. The zero-order valence-corrected chi connectivity index (χ0v) is 17.6. The first kappa shape index (κ1) is 21.7. The lowest BCUT2D eigenvalue weighted by Gasteiger charge is -2.34. The van der Waals surface area contributed by atoms with E-state index in [1.807, 2.05) is 0 Å². The molecule has 1 saturated heterocycles. The second kappa shape index (κ2) is 9.21. The molecule has 0 aliphatic carbocycles. The zero-order valence-electron chi connectivity index (χ0n) is 16.0. The number of hydrogen-bond acceptors (Lipinski definition) is 6. The van der Waals surface area contributed by atoms with E-state index in [1.54, 1.807) is 30.8 Å². The largest absolute Gasteiger partial charge is 0.300 e. The van der Waals surface area contributed by atoms with Gasteiger partial charge >= 0.3 is 0 Å². The highest BCUT2D eigenvalue weighted by atomic mass is 32.2. The summed E-state index contributed by atoms with van der Waals surface area (Å²) in [6, 6.07) is 10.3. The van der Waals surface area contributed by atoms with Gasteiger partial charge in [0.2, 0.25) is 10.0 Å². The van der Waals surface area contributed by atoms with Gasteiger partial charge in [-0.1, -0.05) is 6.07 Å². The minimum atomic E-state index is -3.78. The number of nitro benzene ring substituents is 1. The normalized spacial score (nSPS) is 16.1. The van der Waals surface area contributed by atoms with Crippen molar-refractivity contribution >= 4 is 27.5 Å². The molecule has 0 unspecified atom stereocenters. The molecule has 0 spiro atoms. The number of benzene rings is 2. The monoisotopic (exact) mass is 439 g/mol. The molecule has 29 heavy (non-hydrogen) atoms. The van der Waals surface area contributed by atoms with E-state index in [1.165, 1.54) is 28.6 Å². The predicted octanol–water partition coefficient (Wildman–Crippen LogP) is 3.14. The SMILES string of the molecule is Cc1ccc([N+](=O)[O-])cc1S(=O)(=O)N1CCN(CCSc2ccc(F)cc2)CC1. The van der Waals surface area contributed by atoms with Crippen LogP contribution in [0.5, 0.6) is 0 Å². The van der Waals surface area contributed by atoms with Crippen LogP contribution in [-0.2, 0) is 10.0 Å². The van der Waals surface area contributed by atoms with Crippen molar-refractivity contribution in [1.82, 2.24) is 9.21 Å². The van der Waals surface area contributed by atoms with Gasteiger partial charge in [-0.05, 0) is 36.8 Å². The third-order valence-corrected chi connectivity index (χ3v) is 7.85. The molecule has 1 aliphatic rings. The molecule has 0 radical (unpaired) electrons. The van der Waals surface area contributed by atoms with Crippen molar-refractivity contribution in [3.8, 4) is 0 Å². The summed E-state index contributed by atoms with van der Waals surface area (Å²) >= 11 is 1.63. The highest BCUT2D eigenvalue weighted by Gasteiger charge is 2.30. The summed E-state index contributed by atoms with van der Waals surface area (Å²) in [4.78, 5) is 13.6. The average Bonchev–Trinajstić information content (AvgIpc) is 2.70. The molecule has 0 N–H and O–H groups in total. The van der Waals surface area contributed by atoms with Crippen LogP contribution in [-0.4, -0.2) is 61.0 Å².